The summed E-state index contributed by atoms with van der Waals surface area (Å²) < 4.78 is 9.47. The van der Waals surface area contributed by atoms with E-state index in [2.05, 4.69) is 10.1 Å². The van der Waals surface area contributed by atoms with Gasteiger partial charge in [-0.2, -0.15) is 0 Å². The summed E-state index contributed by atoms with van der Waals surface area (Å²) in [5.41, 5.74) is 1.12. The number of benzene rings is 1. The molecule has 1 heterocycles. The van der Waals surface area contributed by atoms with E-state index >= 15 is 0 Å². The second-order valence-electron chi connectivity index (χ2n) is 3.85. The monoisotopic (exact) mass is 373 g/mol. The van der Waals surface area contributed by atoms with Crippen molar-refractivity contribution in [1.82, 2.24) is 5.32 Å². The number of ether oxygens (including phenoxy) is 1. The van der Waals surface area contributed by atoms with E-state index in [-0.39, 0.29) is 18.4 Å². The Balaban J connectivity index is 2.06. The van der Waals surface area contributed by atoms with Gasteiger partial charge in [-0.1, -0.05) is 40.8 Å². The third-order valence-corrected chi connectivity index (χ3v) is 3.57. The van der Waals surface area contributed by atoms with Gasteiger partial charge in [0.2, 0.25) is 0 Å². The van der Waals surface area contributed by atoms with Gasteiger partial charge in [0.1, 0.15) is 15.8 Å². The van der Waals surface area contributed by atoms with Crippen molar-refractivity contribution in [3.05, 3.63) is 36.1 Å². The van der Waals surface area contributed by atoms with Crippen LogP contribution in [-0.4, -0.2) is 29.5 Å². The topological polar surface area (TPSA) is 68.5 Å². The van der Waals surface area contributed by atoms with Crippen molar-refractivity contribution in [2.75, 3.05) is 13.7 Å². The van der Waals surface area contributed by atoms with Crippen molar-refractivity contribution in [2.45, 2.75) is 3.92 Å². The molecule has 100 valence electrons. The van der Waals surface area contributed by atoms with Crippen molar-refractivity contribution in [3.63, 3.8) is 0 Å². The summed E-state index contributed by atoms with van der Waals surface area (Å²) in [7, 11) is 1.32. The molecule has 2 aromatic rings. The molecule has 5 nitrogen and oxygen atoms in total. The average Bonchev–Trinajstić information content (AvgIpc) is 2.87. The second-order valence-corrected chi connectivity index (χ2v) is 5.35. The van der Waals surface area contributed by atoms with Crippen molar-refractivity contribution in [1.29, 1.82) is 0 Å². The molecule has 0 saturated heterocycles. The summed E-state index contributed by atoms with van der Waals surface area (Å²) in [5, 5.41) is 3.44. The highest BCUT2D eigenvalue weighted by Gasteiger charge is 2.18. The normalized spacial score (nSPS) is 12.1. The molecular formula is C13H12INO4. The molecule has 0 aliphatic heterocycles. The van der Waals surface area contributed by atoms with Crippen LogP contribution in [0.2, 0.25) is 0 Å². The molecule has 0 aliphatic rings. The van der Waals surface area contributed by atoms with Crippen LogP contribution in [0, 0.1) is 0 Å². The van der Waals surface area contributed by atoms with Gasteiger partial charge in [0.25, 0.3) is 5.91 Å². The maximum absolute atomic E-state index is 12.0. The van der Waals surface area contributed by atoms with E-state index in [4.69, 9.17) is 4.42 Å². The van der Waals surface area contributed by atoms with E-state index < -0.39 is 3.92 Å². The number of fused-ring (bicyclic) bond motifs is 1. The minimum atomic E-state index is -0.412. The van der Waals surface area contributed by atoms with Crippen LogP contribution >= 0.6 is 22.6 Å². The number of hydrogen-bond donors (Lipinski definition) is 1. The van der Waals surface area contributed by atoms with Gasteiger partial charge in [-0.25, -0.2) is 0 Å². The molecule has 2 rings (SSSR count). The first kappa shape index (κ1) is 13.9. The summed E-state index contributed by atoms with van der Waals surface area (Å²) >= 11 is 1.92. The third-order valence-electron chi connectivity index (χ3n) is 2.62. The molecule has 0 fully saturated rings. The van der Waals surface area contributed by atoms with Gasteiger partial charge in [-0.05, 0) is 6.07 Å². The van der Waals surface area contributed by atoms with Gasteiger partial charge >= 0.3 is 5.97 Å². The molecule has 1 unspecified atom stereocenters. The Kier molecular flexibility index (Phi) is 4.41. The summed E-state index contributed by atoms with van der Waals surface area (Å²) in [4.78, 5) is 23.2. The number of rotatable bonds is 4. The van der Waals surface area contributed by atoms with E-state index in [1.54, 1.807) is 6.07 Å². The lowest BCUT2D eigenvalue weighted by atomic mass is 10.1. The minimum absolute atomic E-state index is 0.214. The average molecular weight is 373 g/mol. The predicted molar refractivity (Wildman–Crippen MR) is 78.4 cm³/mol. The highest BCUT2D eigenvalue weighted by atomic mass is 127. The molecule has 0 spiro atoms. The number of methoxy groups -OCH3 is 1. The van der Waals surface area contributed by atoms with E-state index in [1.807, 2.05) is 40.8 Å². The van der Waals surface area contributed by atoms with Gasteiger partial charge in [0.05, 0.1) is 12.7 Å². The first-order valence-corrected chi connectivity index (χ1v) is 6.84. The zero-order valence-electron chi connectivity index (χ0n) is 10.2. The van der Waals surface area contributed by atoms with Gasteiger partial charge < -0.3 is 14.5 Å². The van der Waals surface area contributed by atoms with Crippen LogP contribution in [0.3, 0.4) is 0 Å². The molecule has 19 heavy (non-hydrogen) atoms. The van der Waals surface area contributed by atoms with Crippen LogP contribution in [0.25, 0.3) is 11.0 Å². The lowest BCUT2D eigenvalue weighted by Gasteiger charge is -2.08. The van der Waals surface area contributed by atoms with Crippen LogP contribution in [0.4, 0.5) is 0 Å². The zero-order chi connectivity index (χ0) is 13.8. The van der Waals surface area contributed by atoms with E-state index in [0.29, 0.717) is 11.1 Å². The maximum Gasteiger partial charge on any atom is 0.320 e. The Labute approximate surface area is 123 Å². The first-order valence-electron chi connectivity index (χ1n) is 5.60. The van der Waals surface area contributed by atoms with Crippen LogP contribution in [0.1, 0.15) is 10.4 Å². The number of halogens is 1. The number of nitrogens with one attached hydrogen (secondary N) is 1. The summed E-state index contributed by atoms with van der Waals surface area (Å²) in [6.07, 6.45) is 1.42. The van der Waals surface area contributed by atoms with Crippen molar-refractivity contribution in [2.24, 2.45) is 0 Å². The Morgan fingerprint density at radius 2 is 2.16 bits per heavy atom. The van der Waals surface area contributed by atoms with Crippen molar-refractivity contribution in [3.8, 4) is 0 Å². The Bertz CT molecular complexity index is 607. The highest BCUT2D eigenvalue weighted by Crippen LogP contribution is 2.20. The lowest BCUT2D eigenvalue weighted by molar-refractivity contribution is -0.139. The van der Waals surface area contributed by atoms with E-state index in [1.165, 1.54) is 13.4 Å². The van der Waals surface area contributed by atoms with Gasteiger partial charge in [-0.15, -0.1) is 0 Å². The Morgan fingerprint density at radius 3 is 2.89 bits per heavy atom. The highest BCUT2D eigenvalue weighted by molar-refractivity contribution is 14.1. The van der Waals surface area contributed by atoms with Crippen LogP contribution < -0.4 is 5.32 Å². The third kappa shape index (κ3) is 3.06. The minimum Gasteiger partial charge on any atom is -0.468 e. The van der Waals surface area contributed by atoms with Crippen molar-refractivity contribution < 1.29 is 18.7 Å². The van der Waals surface area contributed by atoms with Gasteiger partial charge in [0, 0.05) is 11.9 Å². The van der Waals surface area contributed by atoms with Gasteiger partial charge in [0.15, 0.2) is 0 Å². The van der Waals surface area contributed by atoms with Crippen LogP contribution in [0.5, 0.6) is 0 Å². The molecule has 1 N–H and O–H groups in total. The number of amides is 1. The Morgan fingerprint density at radius 1 is 1.42 bits per heavy atom. The smallest absolute Gasteiger partial charge is 0.320 e. The number of furan rings is 1. The molecule has 1 aromatic carbocycles. The number of para-hydroxylation sites is 1. The van der Waals surface area contributed by atoms with Gasteiger partial charge in [-0.3, -0.25) is 9.59 Å². The number of esters is 1. The quantitative estimate of drug-likeness (QED) is 0.507. The summed E-state index contributed by atoms with van der Waals surface area (Å²) in [6.45, 7) is 0.214. The molecule has 0 aliphatic carbocycles. The fourth-order valence-corrected chi connectivity index (χ4v) is 2.12. The molecular weight excluding hydrogens is 361 g/mol. The SMILES string of the molecule is COC(=O)C(I)CNC(=O)c1coc2ccccc12. The fraction of sp³-hybridized carbons (Fsp3) is 0.231. The summed E-state index contributed by atoms with van der Waals surface area (Å²) in [5.74, 6) is -0.631. The zero-order valence-corrected chi connectivity index (χ0v) is 12.3. The molecule has 0 saturated carbocycles. The predicted octanol–water partition coefficient (Wildman–Crippen LogP) is 2.14. The van der Waals surface area contributed by atoms with E-state index in [0.717, 1.165) is 5.39 Å². The number of alkyl halides is 1. The number of carbonyl (C=O) groups is 2. The second kappa shape index (κ2) is 6.05. The summed E-state index contributed by atoms with van der Waals surface area (Å²) in [6, 6.07) is 7.28. The molecule has 0 bridgehead atoms. The van der Waals surface area contributed by atoms with Crippen LogP contribution in [-0.2, 0) is 9.53 Å². The molecule has 0 radical (unpaired) electrons. The maximum atomic E-state index is 12.0. The Hall–Kier alpha value is -1.57. The van der Waals surface area contributed by atoms with E-state index in [9.17, 15) is 9.59 Å². The molecule has 1 atom stereocenters. The molecule has 6 heteroatoms. The standard InChI is InChI=1S/C13H12INO4/c1-18-13(17)10(14)6-15-12(16)9-7-19-11-5-3-2-4-8(9)11/h2-5,7,10H,6H2,1H3,(H,15,16). The molecule has 1 aromatic heterocycles. The lowest BCUT2D eigenvalue weighted by Crippen LogP contribution is -2.33. The molecule has 1 amide bonds. The first-order chi connectivity index (χ1) is 9.13. The van der Waals surface area contributed by atoms with Crippen LogP contribution in [0.15, 0.2) is 34.9 Å². The number of carbonyl (C=O) groups excluding carboxylic acids is 2. The van der Waals surface area contributed by atoms with Crippen molar-refractivity contribution >= 4 is 45.4 Å². The number of hydrogen-bond acceptors (Lipinski definition) is 4. The largest absolute Gasteiger partial charge is 0.468 e. The fourth-order valence-electron chi connectivity index (χ4n) is 1.64.